The number of amides is 1. The van der Waals surface area contributed by atoms with Crippen molar-refractivity contribution in [2.75, 3.05) is 52.6 Å². The number of hydrogen-bond acceptors (Lipinski definition) is 6. The SMILES string of the molecule is CC(C)(C)OC(=O)N1CC2(CC(N3CCC(c4cc(F)ccc4OCC4CCOC4)CC3)CO2)C1. The van der Waals surface area contributed by atoms with Crippen molar-refractivity contribution < 1.29 is 28.1 Å². The van der Waals surface area contributed by atoms with E-state index in [-0.39, 0.29) is 17.5 Å². The van der Waals surface area contributed by atoms with Crippen LogP contribution in [0.15, 0.2) is 18.2 Å². The summed E-state index contributed by atoms with van der Waals surface area (Å²) in [6, 6.07) is 5.30. The second-order valence-electron chi connectivity index (χ2n) is 11.7. The fourth-order valence-corrected chi connectivity index (χ4v) is 5.85. The maximum atomic E-state index is 14.1. The standard InChI is InChI=1S/C27H39FN2O5/c1-26(2,3)35-25(31)30-17-27(18-30)13-22(16-34-27)29-9-6-20(7-10-29)23-12-21(28)4-5-24(23)33-15-19-8-11-32-14-19/h4-5,12,19-20,22H,6-11,13-18H2,1-3H3. The minimum Gasteiger partial charge on any atom is -0.493 e. The van der Waals surface area contributed by atoms with Gasteiger partial charge in [0, 0.05) is 24.1 Å². The lowest BCUT2D eigenvalue weighted by molar-refractivity contribution is -0.109. The molecule has 35 heavy (non-hydrogen) atoms. The van der Waals surface area contributed by atoms with Crippen molar-refractivity contribution in [3.63, 3.8) is 0 Å². The predicted octanol–water partition coefficient (Wildman–Crippen LogP) is 4.20. The number of hydrogen-bond donors (Lipinski definition) is 0. The molecule has 4 aliphatic rings. The van der Waals surface area contributed by atoms with Crippen LogP contribution in [-0.2, 0) is 14.2 Å². The molecule has 1 aromatic carbocycles. The van der Waals surface area contributed by atoms with Crippen LogP contribution >= 0.6 is 0 Å². The highest BCUT2D eigenvalue weighted by atomic mass is 19.1. The van der Waals surface area contributed by atoms with E-state index in [9.17, 15) is 9.18 Å². The Kier molecular flexibility index (Phi) is 6.98. The first-order valence-corrected chi connectivity index (χ1v) is 13.1. The highest BCUT2D eigenvalue weighted by Gasteiger charge is 2.53. The van der Waals surface area contributed by atoms with Gasteiger partial charge in [0.1, 0.15) is 22.8 Å². The van der Waals surface area contributed by atoms with Gasteiger partial charge >= 0.3 is 6.09 Å². The second-order valence-corrected chi connectivity index (χ2v) is 11.7. The molecule has 4 fully saturated rings. The van der Waals surface area contributed by atoms with Crippen LogP contribution in [0.5, 0.6) is 5.75 Å². The molecule has 5 rings (SSSR count). The number of likely N-dealkylation sites (tertiary alicyclic amines) is 2. The highest BCUT2D eigenvalue weighted by molar-refractivity contribution is 5.69. The number of benzene rings is 1. The van der Waals surface area contributed by atoms with Gasteiger partial charge in [-0.15, -0.1) is 0 Å². The smallest absolute Gasteiger partial charge is 0.410 e. The number of carbonyl (C=O) groups is 1. The Balaban J connectivity index is 1.12. The zero-order valence-electron chi connectivity index (χ0n) is 21.3. The van der Waals surface area contributed by atoms with Crippen LogP contribution in [0.4, 0.5) is 9.18 Å². The van der Waals surface area contributed by atoms with Gasteiger partial charge in [-0.25, -0.2) is 9.18 Å². The Bertz CT molecular complexity index is 899. The molecule has 0 bridgehead atoms. The molecule has 0 aromatic heterocycles. The van der Waals surface area contributed by atoms with Gasteiger partial charge in [0.05, 0.1) is 32.9 Å². The molecule has 0 saturated carbocycles. The Morgan fingerprint density at radius 1 is 1.17 bits per heavy atom. The Labute approximate surface area is 207 Å². The summed E-state index contributed by atoms with van der Waals surface area (Å²) in [6.45, 7) is 11.6. The van der Waals surface area contributed by atoms with Crippen LogP contribution in [0.3, 0.4) is 0 Å². The molecule has 1 spiro atoms. The van der Waals surface area contributed by atoms with Crippen molar-refractivity contribution >= 4 is 6.09 Å². The Morgan fingerprint density at radius 2 is 1.94 bits per heavy atom. The summed E-state index contributed by atoms with van der Waals surface area (Å²) in [6.07, 6.45) is 3.65. The molecular formula is C27H39FN2O5. The summed E-state index contributed by atoms with van der Waals surface area (Å²) in [7, 11) is 0. The largest absolute Gasteiger partial charge is 0.493 e. The highest BCUT2D eigenvalue weighted by Crippen LogP contribution is 2.40. The number of ether oxygens (including phenoxy) is 4. The van der Waals surface area contributed by atoms with Gasteiger partial charge in [0.25, 0.3) is 0 Å². The van der Waals surface area contributed by atoms with Gasteiger partial charge in [-0.3, -0.25) is 4.90 Å². The summed E-state index contributed by atoms with van der Waals surface area (Å²) in [4.78, 5) is 16.6. The lowest BCUT2D eigenvalue weighted by Gasteiger charge is -2.47. The maximum absolute atomic E-state index is 14.1. The third-order valence-corrected chi connectivity index (χ3v) is 7.76. The van der Waals surface area contributed by atoms with E-state index in [1.165, 1.54) is 6.07 Å². The average Bonchev–Trinajstić information content (AvgIpc) is 3.46. The molecule has 0 aliphatic carbocycles. The molecule has 8 heteroatoms. The van der Waals surface area contributed by atoms with Crippen molar-refractivity contribution in [1.82, 2.24) is 9.80 Å². The van der Waals surface area contributed by atoms with E-state index in [1.54, 1.807) is 17.0 Å². The minimum absolute atomic E-state index is 0.204. The van der Waals surface area contributed by atoms with E-state index in [4.69, 9.17) is 18.9 Å². The lowest BCUT2D eigenvalue weighted by atomic mass is 9.86. The van der Waals surface area contributed by atoms with Crippen molar-refractivity contribution in [1.29, 1.82) is 0 Å². The quantitative estimate of drug-likeness (QED) is 0.617. The van der Waals surface area contributed by atoms with Gasteiger partial charge in [-0.1, -0.05) is 0 Å². The van der Waals surface area contributed by atoms with Gasteiger partial charge in [0.15, 0.2) is 0 Å². The van der Waals surface area contributed by atoms with E-state index < -0.39 is 5.60 Å². The van der Waals surface area contributed by atoms with E-state index in [1.807, 2.05) is 20.8 Å². The minimum atomic E-state index is -0.485. The molecule has 1 aromatic rings. The van der Waals surface area contributed by atoms with Gasteiger partial charge in [-0.05, 0) is 83.7 Å². The molecule has 4 saturated heterocycles. The summed E-state index contributed by atoms with van der Waals surface area (Å²) in [5.74, 6) is 1.32. The van der Waals surface area contributed by atoms with Crippen molar-refractivity contribution in [2.45, 2.75) is 69.6 Å². The van der Waals surface area contributed by atoms with Crippen LogP contribution in [-0.4, -0.2) is 85.7 Å². The first-order valence-electron chi connectivity index (χ1n) is 13.1. The second kappa shape index (κ2) is 9.87. The molecule has 7 nitrogen and oxygen atoms in total. The normalized spacial score (nSPS) is 27.3. The third kappa shape index (κ3) is 5.75. The molecule has 0 radical (unpaired) electrons. The summed E-state index contributed by atoms with van der Waals surface area (Å²) in [5.41, 5.74) is 0.279. The fourth-order valence-electron chi connectivity index (χ4n) is 5.85. The summed E-state index contributed by atoms with van der Waals surface area (Å²) < 4.78 is 37.4. The molecule has 4 heterocycles. The number of carbonyl (C=O) groups excluding carboxylic acids is 1. The molecule has 2 atom stereocenters. The van der Waals surface area contributed by atoms with E-state index in [0.29, 0.717) is 44.2 Å². The zero-order chi connectivity index (χ0) is 24.6. The summed E-state index contributed by atoms with van der Waals surface area (Å²) >= 11 is 0. The van der Waals surface area contributed by atoms with Crippen molar-refractivity contribution in [3.05, 3.63) is 29.6 Å². The van der Waals surface area contributed by atoms with E-state index in [0.717, 1.165) is 63.3 Å². The third-order valence-electron chi connectivity index (χ3n) is 7.76. The van der Waals surface area contributed by atoms with Crippen molar-refractivity contribution in [3.8, 4) is 5.75 Å². The predicted molar refractivity (Wildman–Crippen MR) is 129 cm³/mol. The number of nitrogens with zero attached hydrogens (tertiary/aromatic N) is 2. The fraction of sp³-hybridized carbons (Fsp3) is 0.741. The topological polar surface area (TPSA) is 60.5 Å². The Hall–Kier alpha value is -1.90. The molecule has 4 aliphatic heterocycles. The number of halogens is 1. The number of piperidine rings is 1. The molecule has 1 amide bonds. The van der Waals surface area contributed by atoms with Crippen LogP contribution in [0, 0.1) is 11.7 Å². The van der Waals surface area contributed by atoms with Crippen LogP contribution in [0.25, 0.3) is 0 Å². The monoisotopic (exact) mass is 490 g/mol. The number of rotatable bonds is 5. The maximum Gasteiger partial charge on any atom is 0.410 e. The van der Waals surface area contributed by atoms with Gasteiger partial charge in [0.2, 0.25) is 0 Å². The molecule has 0 N–H and O–H groups in total. The molecule has 194 valence electrons. The first-order chi connectivity index (χ1) is 16.7. The van der Waals surface area contributed by atoms with Gasteiger partial charge in [-0.2, -0.15) is 0 Å². The van der Waals surface area contributed by atoms with Crippen LogP contribution < -0.4 is 4.74 Å². The van der Waals surface area contributed by atoms with Crippen LogP contribution in [0.1, 0.15) is 57.9 Å². The van der Waals surface area contributed by atoms with Gasteiger partial charge < -0.3 is 23.8 Å². The lowest BCUT2D eigenvalue weighted by Crippen LogP contribution is -2.64. The zero-order valence-corrected chi connectivity index (χ0v) is 21.3. The Morgan fingerprint density at radius 3 is 2.63 bits per heavy atom. The van der Waals surface area contributed by atoms with E-state index in [2.05, 4.69) is 4.90 Å². The van der Waals surface area contributed by atoms with Crippen molar-refractivity contribution in [2.24, 2.45) is 5.92 Å². The first kappa shape index (κ1) is 24.8. The molecule has 2 unspecified atom stereocenters. The van der Waals surface area contributed by atoms with Crippen LogP contribution in [0.2, 0.25) is 0 Å². The molecular weight excluding hydrogens is 451 g/mol. The summed E-state index contributed by atoms with van der Waals surface area (Å²) in [5, 5.41) is 0. The van der Waals surface area contributed by atoms with E-state index >= 15 is 0 Å². The average molecular weight is 491 g/mol.